The van der Waals surface area contributed by atoms with E-state index in [0.717, 1.165) is 30.8 Å². The molecule has 106 valence electrons. The van der Waals surface area contributed by atoms with Crippen molar-refractivity contribution in [2.75, 3.05) is 19.8 Å². The van der Waals surface area contributed by atoms with Crippen molar-refractivity contribution in [3.63, 3.8) is 0 Å². The van der Waals surface area contributed by atoms with Gasteiger partial charge in [0.25, 0.3) is 10.0 Å². The molecule has 1 amide bonds. The van der Waals surface area contributed by atoms with E-state index in [1.807, 2.05) is 0 Å². The average Bonchev–Trinajstić information content (AvgIpc) is 2.92. The molecule has 19 heavy (non-hydrogen) atoms. The largest absolute Gasteiger partial charge is 0.379 e. The maximum absolute atomic E-state index is 11.8. The summed E-state index contributed by atoms with van der Waals surface area (Å²) in [6, 6.07) is 3.13. The minimum absolute atomic E-state index is 0.0208. The van der Waals surface area contributed by atoms with Crippen LogP contribution in [0.2, 0.25) is 0 Å². The van der Waals surface area contributed by atoms with Crippen molar-refractivity contribution in [3.05, 3.63) is 17.5 Å². The topological polar surface area (TPSA) is 84.5 Å². The molecule has 1 aliphatic rings. The SMILES string of the molecule is O=C(CNS(=O)(=O)c1cccs1)NC1CCCOC1. The fourth-order valence-electron chi connectivity index (χ4n) is 1.78. The van der Waals surface area contributed by atoms with Gasteiger partial charge >= 0.3 is 0 Å². The van der Waals surface area contributed by atoms with Crippen molar-refractivity contribution in [2.45, 2.75) is 23.1 Å². The maximum Gasteiger partial charge on any atom is 0.250 e. The Morgan fingerprint density at radius 3 is 3.00 bits per heavy atom. The van der Waals surface area contributed by atoms with Crippen molar-refractivity contribution in [2.24, 2.45) is 0 Å². The summed E-state index contributed by atoms with van der Waals surface area (Å²) in [5.41, 5.74) is 0. The molecule has 0 saturated carbocycles. The predicted octanol–water partition coefficient (Wildman–Crippen LogP) is 0.322. The lowest BCUT2D eigenvalue weighted by atomic mass is 10.1. The highest BCUT2D eigenvalue weighted by Gasteiger charge is 2.19. The van der Waals surface area contributed by atoms with Gasteiger partial charge in [-0.3, -0.25) is 4.79 Å². The fraction of sp³-hybridized carbons (Fsp3) is 0.545. The minimum atomic E-state index is -3.58. The van der Waals surface area contributed by atoms with Gasteiger partial charge in [-0.15, -0.1) is 11.3 Å². The van der Waals surface area contributed by atoms with Crippen LogP contribution in [0.1, 0.15) is 12.8 Å². The van der Waals surface area contributed by atoms with Gasteiger partial charge in [-0.25, -0.2) is 13.1 Å². The second-order valence-corrected chi connectivity index (χ2v) is 7.18. The summed E-state index contributed by atoms with van der Waals surface area (Å²) in [7, 11) is -3.58. The predicted molar refractivity (Wildman–Crippen MR) is 71.5 cm³/mol. The van der Waals surface area contributed by atoms with E-state index in [2.05, 4.69) is 10.0 Å². The molecule has 0 spiro atoms. The van der Waals surface area contributed by atoms with Crippen molar-refractivity contribution in [3.8, 4) is 0 Å². The molecule has 0 aliphatic carbocycles. The first-order valence-corrected chi connectivity index (χ1v) is 8.34. The number of amides is 1. The Bertz CT molecular complexity index is 507. The van der Waals surface area contributed by atoms with Crippen LogP contribution in [0.25, 0.3) is 0 Å². The van der Waals surface area contributed by atoms with E-state index < -0.39 is 10.0 Å². The molecule has 2 rings (SSSR count). The van der Waals surface area contributed by atoms with Gasteiger partial charge in [0.1, 0.15) is 4.21 Å². The van der Waals surface area contributed by atoms with E-state index in [0.29, 0.717) is 6.61 Å². The van der Waals surface area contributed by atoms with Crippen LogP contribution in [0.15, 0.2) is 21.7 Å². The Kier molecular flexibility index (Phi) is 4.92. The molecule has 2 heterocycles. The van der Waals surface area contributed by atoms with E-state index in [1.54, 1.807) is 11.4 Å². The van der Waals surface area contributed by atoms with Crippen LogP contribution in [-0.4, -0.2) is 40.1 Å². The number of hydrogen-bond donors (Lipinski definition) is 2. The third kappa shape index (κ3) is 4.27. The van der Waals surface area contributed by atoms with Gasteiger partial charge in [0.2, 0.25) is 5.91 Å². The number of nitrogens with one attached hydrogen (secondary N) is 2. The number of hydrogen-bond acceptors (Lipinski definition) is 5. The molecule has 1 saturated heterocycles. The van der Waals surface area contributed by atoms with Crippen LogP contribution in [0.4, 0.5) is 0 Å². The summed E-state index contributed by atoms with van der Waals surface area (Å²) in [6.07, 6.45) is 1.77. The minimum Gasteiger partial charge on any atom is -0.379 e. The first-order chi connectivity index (χ1) is 9.08. The van der Waals surface area contributed by atoms with Gasteiger partial charge in [0, 0.05) is 6.61 Å². The van der Waals surface area contributed by atoms with E-state index in [-0.39, 0.29) is 22.7 Å². The molecule has 0 aromatic carbocycles. The van der Waals surface area contributed by atoms with Gasteiger partial charge < -0.3 is 10.1 Å². The highest BCUT2D eigenvalue weighted by molar-refractivity contribution is 7.91. The summed E-state index contributed by atoms with van der Waals surface area (Å²) >= 11 is 1.12. The van der Waals surface area contributed by atoms with Crippen LogP contribution in [0, 0.1) is 0 Å². The van der Waals surface area contributed by atoms with Gasteiger partial charge in [-0.05, 0) is 24.3 Å². The van der Waals surface area contributed by atoms with Crippen LogP contribution in [0.5, 0.6) is 0 Å². The maximum atomic E-state index is 11.8. The molecule has 1 aromatic rings. The van der Waals surface area contributed by atoms with Crippen molar-refractivity contribution < 1.29 is 17.9 Å². The molecule has 1 aliphatic heterocycles. The van der Waals surface area contributed by atoms with Gasteiger partial charge in [-0.1, -0.05) is 6.07 Å². The molecule has 1 fully saturated rings. The number of carbonyl (C=O) groups is 1. The fourth-order valence-corrected chi connectivity index (χ4v) is 3.80. The lowest BCUT2D eigenvalue weighted by Gasteiger charge is -2.23. The van der Waals surface area contributed by atoms with Crippen molar-refractivity contribution in [1.29, 1.82) is 0 Å². The number of carbonyl (C=O) groups excluding carboxylic acids is 1. The zero-order valence-corrected chi connectivity index (χ0v) is 11.9. The Labute approximate surface area is 116 Å². The van der Waals surface area contributed by atoms with Gasteiger partial charge in [0.05, 0.1) is 19.2 Å². The Morgan fingerprint density at radius 2 is 2.37 bits per heavy atom. The van der Waals surface area contributed by atoms with E-state index >= 15 is 0 Å². The lowest BCUT2D eigenvalue weighted by Crippen LogP contribution is -2.45. The Hall–Kier alpha value is -0.960. The van der Waals surface area contributed by atoms with Crippen LogP contribution < -0.4 is 10.0 Å². The Balaban J connectivity index is 1.80. The van der Waals surface area contributed by atoms with E-state index in [9.17, 15) is 13.2 Å². The first-order valence-electron chi connectivity index (χ1n) is 5.98. The van der Waals surface area contributed by atoms with Gasteiger partial charge in [0.15, 0.2) is 0 Å². The monoisotopic (exact) mass is 304 g/mol. The van der Waals surface area contributed by atoms with E-state index in [1.165, 1.54) is 6.07 Å². The molecule has 1 unspecified atom stereocenters. The second kappa shape index (κ2) is 6.47. The third-order valence-electron chi connectivity index (χ3n) is 2.71. The average molecular weight is 304 g/mol. The Morgan fingerprint density at radius 1 is 1.53 bits per heavy atom. The zero-order chi connectivity index (χ0) is 13.7. The normalized spacial score (nSPS) is 20.1. The summed E-state index contributed by atoms with van der Waals surface area (Å²) in [5.74, 6) is -0.337. The summed E-state index contributed by atoms with van der Waals surface area (Å²) < 4.78 is 31.3. The highest BCUT2D eigenvalue weighted by Crippen LogP contribution is 2.14. The molecule has 1 aromatic heterocycles. The van der Waals surface area contributed by atoms with Crippen molar-refractivity contribution >= 4 is 27.3 Å². The number of thiophene rings is 1. The van der Waals surface area contributed by atoms with E-state index in [4.69, 9.17) is 4.74 Å². The highest BCUT2D eigenvalue weighted by atomic mass is 32.2. The molecule has 0 bridgehead atoms. The first kappa shape index (κ1) is 14.4. The summed E-state index contributed by atoms with van der Waals surface area (Å²) in [4.78, 5) is 11.6. The lowest BCUT2D eigenvalue weighted by molar-refractivity contribution is -0.121. The molecule has 8 heteroatoms. The quantitative estimate of drug-likeness (QED) is 0.820. The van der Waals surface area contributed by atoms with Gasteiger partial charge in [-0.2, -0.15) is 0 Å². The summed E-state index contributed by atoms with van der Waals surface area (Å²) in [6.45, 7) is 0.956. The number of sulfonamides is 1. The number of rotatable bonds is 5. The summed E-state index contributed by atoms with van der Waals surface area (Å²) in [5, 5.41) is 4.42. The molecule has 0 radical (unpaired) electrons. The standard InChI is InChI=1S/C11H16N2O4S2/c14-10(13-9-3-1-5-17-8-9)7-12-19(15,16)11-4-2-6-18-11/h2,4,6,9,12H,1,3,5,7-8H2,(H,13,14). The van der Waals surface area contributed by atoms with Crippen LogP contribution in [-0.2, 0) is 19.6 Å². The molecular formula is C11H16N2O4S2. The third-order valence-corrected chi connectivity index (χ3v) is 5.51. The molecule has 6 nitrogen and oxygen atoms in total. The smallest absolute Gasteiger partial charge is 0.250 e. The van der Waals surface area contributed by atoms with Crippen LogP contribution in [0.3, 0.4) is 0 Å². The molecule has 1 atom stereocenters. The number of ether oxygens (including phenoxy) is 1. The zero-order valence-electron chi connectivity index (χ0n) is 10.3. The molecular weight excluding hydrogens is 288 g/mol. The second-order valence-electron chi connectivity index (χ2n) is 4.24. The van der Waals surface area contributed by atoms with Crippen molar-refractivity contribution in [1.82, 2.24) is 10.0 Å². The molecule has 2 N–H and O–H groups in total. The van der Waals surface area contributed by atoms with Crippen LogP contribution >= 0.6 is 11.3 Å².